The van der Waals surface area contributed by atoms with Gasteiger partial charge >= 0.3 is 0 Å². The Hall–Kier alpha value is -4.64. The number of hydrogen-bond acceptors (Lipinski definition) is 4. The van der Waals surface area contributed by atoms with Crippen molar-refractivity contribution >= 4 is 27.5 Å². The smallest absolute Gasteiger partial charge is 0.221 e. The monoisotopic (exact) mass is 484 g/mol. The highest BCUT2D eigenvalue weighted by atomic mass is 16.5. The Kier molecular flexibility index (Phi) is 5.61. The summed E-state index contributed by atoms with van der Waals surface area (Å²) in [4.78, 5) is 11.1. The maximum absolute atomic E-state index is 6.13. The van der Waals surface area contributed by atoms with Crippen molar-refractivity contribution in [1.82, 2.24) is 14.5 Å². The zero-order valence-corrected chi connectivity index (χ0v) is 21.4. The Morgan fingerprint density at radius 1 is 0.676 bits per heavy atom. The fourth-order valence-electron chi connectivity index (χ4n) is 4.80. The Morgan fingerprint density at radius 2 is 1.49 bits per heavy atom. The van der Waals surface area contributed by atoms with Gasteiger partial charge in [-0.1, -0.05) is 35.9 Å². The average molecular weight is 485 g/mol. The van der Waals surface area contributed by atoms with E-state index < -0.39 is 0 Å². The summed E-state index contributed by atoms with van der Waals surface area (Å²) in [7, 11) is 4.01. The van der Waals surface area contributed by atoms with E-state index in [1.807, 2.05) is 55.5 Å². The molecule has 0 radical (unpaired) electrons. The molecule has 0 spiro atoms. The summed E-state index contributed by atoms with van der Waals surface area (Å²) in [6.07, 6.45) is 3.64. The van der Waals surface area contributed by atoms with E-state index >= 15 is 0 Å². The molecule has 0 saturated heterocycles. The average Bonchev–Trinajstić information content (AvgIpc) is 3.22. The summed E-state index contributed by atoms with van der Waals surface area (Å²) < 4.78 is 8.39. The first-order valence-electron chi connectivity index (χ1n) is 12.4. The molecule has 0 fully saturated rings. The lowest BCUT2D eigenvalue weighted by atomic mass is 10.0. The summed E-state index contributed by atoms with van der Waals surface area (Å²) >= 11 is 0. The second-order valence-corrected chi connectivity index (χ2v) is 9.66. The van der Waals surface area contributed by atoms with Crippen LogP contribution in [0.2, 0.25) is 0 Å². The molecular weight excluding hydrogens is 456 g/mol. The number of anilines is 1. The van der Waals surface area contributed by atoms with Gasteiger partial charge in [0, 0.05) is 49.0 Å². The number of hydrogen-bond donors (Lipinski definition) is 0. The number of ether oxygens (including phenoxy) is 1. The van der Waals surface area contributed by atoms with Crippen molar-refractivity contribution < 1.29 is 4.74 Å². The fraction of sp³-hybridized carbons (Fsp3) is 0.125. The molecule has 182 valence electrons. The minimum absolute atomic E-state index is 0.569. The molecular formula is C32H28N4O. The van der Waals surface area contributed by atoms with Gasteiger partial charge in [-0.2, -0.15) is 0 Å². The lowest BCUT2D eigenvalue weighted by Gasteiger charge is -2.13. The van der Waals surface area contributed by atoms with Crippen molar-refractivity contribution in [2.24, 2.45) is 0 Å². The second-order valence-electron chi connectivity index (χ2n) is 9.66. The molecule has 3 heterocycles. The van der Waals surface area contributed by atoms with E-state index in [9.17, 15) is 0 Å². The van der Waals surface area contributed by atoms with Gasteiger partial charge in [-0.05, 0) is 79.1 Å². The molecule has 0 N–H and O–H groups in total. The lowest BCUT2D eigenvalue weighted by Crippen LogP contribution is -2.08. The largest absolute Gasteiger partial charge is 0.439 e. The third-order valence-corrected chi connectivity index (χ3v) is 6.68. The van der Waals surface area contributed by atoms with E-state index in [0.29, 0.717) is 5.88 Å². The van der Waals surface area contributed by atoms with Gasteiger partial charge in [0.25, 0.3) is 0 Å². The number of benzene rings is 3. The van der Waals surface area contributed by atoms with Crippen LogP contribution >= 0.6 is 0 Å². The molecule has 0 amide bonds. The SMILES string of the molecule is Cc1ccnc(-n2c3ccc(C)cc3c3ccc(-c4cccc(Oc5cc(N(C)C)ccn5)c4)cc32)c1. The lowest BCUT2D eigenvalue weighted by molar-refractivity contribution is 0.463. The van der Waals surface area contributed by atoms with Crippen LogP contribution < -0.4 is 9.64 Å². The molecule has 0 atom stereocenters. The maximum atomic E-state index is 6.13. The number of nitrogens with zero attached hydrogens (tertiary/aromatic N) is 4. The van der Waals surface area contributed by atoms with Crippen LogP contribution in [0.25, 0.3) is 38.8 Å². The predicted molar refractivity (Wildman–Crippen MR) is 152 cm³/mol. The van der Waals surface area contributed by atoms with Crippen molar-refractivity contribution in [3.05, 3.63) is 108 Å². The Bertz CT molecular complexity index is 1770. The van der Waals surface area contributed by atoms with Crippen molar-refractivity contribution in [3.63, 3.8) is 0 Å². The molecule has 0 saturated carbocycles. The first-order valence-corrected chi connectivity index (χ1v) is 12.4. The quantitative estimate of drug-likeness (QED) is 0.251. The molecule has 0 bridgehead atoms. The first kappa shape index (κ1) is 22.8. The molecule has 3 aromatic carbocycles. The van der Waals surface area contributed by atoms with Crippen LogP contribution in [0.15, 0.2) is 97.3 Å². The molecule has 3 aromatic heterocycles. The van der Waals surface area contributed by atoms with E-state index in [4.69, 9.17) is 9.72 Å². The molecule has 0 unspecified atom stereocenters. The highest BCUT2D eigenvalue weighted by Gasteiger charge is 2.15. The van der Waals surface area contributed by atoms with Gasteiger partial charge < -0.3 is 9.64 Å². The third-order valence-electron chi connectivity index (χ3n) is 6.68. The highest BCUT2D eigenvalue weighted by Crippen LogP contribution is 2.36. The van der Waals surface area contributed by atoms with Gasteiger partial charge in [-0.25, -0.2) is 9.97 Å². The van der Waals surface area contributed by atoms with Gasteiger partial charge in [0.15, 0.2) is 0 Å². The van der Waals surface area contributed by atoms with Crippen LogP contribution in [0.5, 0.6) is 11.6 Å². The molecule has 6 rings (SSSR count). The van der Waals surface area contributed by atoms with E-state index in [1.54, 1.807) is 6.20 Å². The Morgan fingerprint density at radius 3 is 2.32 bits per heavy atom. The van der Waals surface area contributed by atoms with E-state index in [0.717, 1.165) is 39.4 Å². The predicted octanol–water partition coefficient (Wildman–Crippen LogP) is 7.72. The topological polar surface area (TPSA) is 43.2 Å². The van der Waals surface area contributed by atoms with Gasteiger partial charge in [0.1, 0.15) is 11.6 Å². The van der Waals surface area contributed by atoms with Crippen LogP contribution in [-0.4, -0.2) is 28.6 Å². The first-order chi connectivity index (χ1) is 18.0. The molecule has 5 heteroatoms. The van der Waals surface area contributed by atoms with Gasteiger partial charge in [-0.15, -0.1) is 0 Å². The summed E-state index contributed by atoms with van der Waals surface area (Å²) in [5.74, 6) is 2.24. The van der Waals surface area contributed by atoms with Gasteiger partial charge in [0.05, 0.1) is 11.0 Å². The molecule has 5 nitrogen and oxygen atoms in total. The number of aryl methyl sites for hydroxylation is 2. The zero-order chi connectivity index (χ0) is 25.5. The number of fused-ring (bicyclic) bond motifs is 3. The summed E-state index contributed by atoms with van der Waals surface area (Å²) in [6.45, 7) is 4.24. The summed E-state index contributed by atoms with van der Waals surface area (Å²) in [5, 5.41) is 2.44. The summed E-state index contributed by atoms with van der Waals surface area (Å²) in [5.41, 5.74) is 7.93. The fourth-order valence-corrected chi connectivity index (χ4v) is 4.80. The zero-order valence-electron chi connectivity index (χ0n) is 21.4. The van der Waals surface area contributed by atoms with Crippen molar-refractivity contribution in [2.75, 3.05) is 19.0 Å². The third kappa shape index (κ3) is 4.29. The van der Waals surface area contributed by atoms with Crippen LogP contribution in [-0.2, 0) is 0 Å². The summed E-state index contributed by atoms with van der Waals surface area (Å²) in [6, 6.07) is 29.5. The number of pyridine rings is 2. The maximum Gasteiger partial charge on any atom is 0.221 e. The minimum Gasteiger partial charge on any atom is -0.439 e. The van der Waals surface area contributed by atoms with Crippen LogP contribution in [0.1, 0.15) is 11.1 Å². The van der Waals surface area contributed by atoms with E-state index in [2.05, 4.69) is 78.0 Å². The number of aromatic nitrogens is 3. The van der Waals surface area contributed by atoms with Crippen LogP contribution in [0, 0.1) is 13.8 Å². The highest BCUT2D eigenvalue weighted by molar-refractivity contribution is 6.10. The standard InChI is InChI=1S/C32H28N4O/c1-21-8-11-29-28(16-21)27-10-9-24(19-30(27)36(29)31-17-22(2)12-14-33-31)23-6-5-7-26(18-23)37-32-20-25(35(3)4)13-15-34-32/h5-20H,1-4H3. The van der Waals surface area contributed by atoms with E-state index in [1.165, 1.54) is 21.9 Å². The minimum atomic E-state index is 0.569. The molecule has 0 aliphatic heterocycles. The van der Waals surface area contributed by atoms with Crippen LogP contribution in [0.3, 0.4) is 0 Å². The normalized spacial score (nSPS) is 11.2. The van der Waals surface area contributed by atoms with Crippen molar-refractivity contribution in [3.8, 4) is 28.6 Å². The van der Waals surface area contributed by atoms with Gasteiger partial charge in [-0.3, -0.25) is 4.57 Å². The van der Waals surface area contributed by atoms with Crippen molar-refractivity contribution in [2.45, 2.75) is 13.8 Å². The van der Waals surface area contributed by atoms with Crippen LogP contribution in [0.4, 0.5) is 5.69 Å². The Labute approximate surface area is 216 Å². The molecule has 37 heavy (non-hydrogen) atoms. The van der Waals surface area contributed by atoms with Crippen molar-refractivity contribution in [1.29, 1.82) is 0 Å². The molecule has 0 aliphatic carbocycles. The number of rotatable bonds is 5. The molecule has 6 aromatic rings. The Balaban J connectivity index is 1.47. The van der Waals surface area contributed by atoms with E-state index in [-0.39, 0.29) is 0 Å². The van der Waals surface area contributed by atoms with Gasteiger partial charge in [0.2, 0.25) is 5.88 Å². The second kappa shape index (κ2) is 9.10. The molecule has 0 aliphatic rings.